The zero-order valence-electron chi connectivity index (χ0n) is 17.8. The molecule has 0 aromatic heterocycles. The van der Waals surface area contributed by atoms with Crippen LogP contribution in [0.5, 0.6) is 5.75 Å². The Morgan fingerprint density at radius 2 is 1.73 bits per heavy atom. The second-order valence-electron chi connectivity index (χ2n) is 7.85. The van der Waals surface area contributed by atoms with Gasteiger partial charge in [-0.1, -0.05) is 31.0 Å². The molecule has 0 atom stereocenters. The first kappa shape index (κ1) is 21.7. The minimum atomic E-state index is -0.186. The van der Waals surface area contributed by atoms with Gasteiger partial charge in [-0.25, -0.2) is 0 Å². The topological polar surface area (TPSA) is 70.7 Å². The van der Waals surface area contributed by atoms with Crippen LogP contribution < -0.4 is 15.4 Å². The lowest BCUT2D eigenvalue weighted by atomic mass is 10.1. The second-order valence-corrected chi connectivity index (χ2v) is 7.85. The van der Waals surface area contributed by atoms with Gasteiger partial charge in [0.15, 0.2) is 0 Å². The van der Waals surface area contributed by atoms with Crippen molar-refractivity contribution in [1.82, 2.24) is 4.90 Å². The molecule has 0 aliphatic carbocycles. The number of nitrogens with zero attached hydrogens (tertiary/aromatic N) is 1. The van der Waals surface area contributed by atoms with E-state index in [9.17, 15) is 9.59 Å². The van der Waals surface area contributed by atoms with Gasteiger partial charge in [-0.15, -0.1) is 0 Å². The number of anilines is 2. The van der Waals surface area contributed by atoms with Crippen molar-refractivity contribution in [3.63, 3.8) is 0 Å². The number of para-hydroxylation sites is 2. The van der Waals surface area contributed by atoms with Gasteiger partial charge in [-0.3, -0.25) is 9.59 Å². The summed E-state index contributed by atoms with van der Waals surface area (Å²) in [6, 6.07) is 14.7. The normalized spacial score (nSPS) is 14.2. The summed E-state index contributed by atoms with van der Waals surface area (Å²) in [5, 5.41) is 5.99. The second kappa shape index (κ2) is 10.7. The van der Waals surface area contributed by atoms with Crippen molar-refractivity contribution in [2.75, 3.05) is 30.3 Å². The number of hydrogen-bond donors (Lipinski definition) is 2. The predicted molar refractivity (Wildman–Crippen MR) is 120 cm³/mol. The van der Waals surface area contributed by atoms with Gasteiger partial charge in [0.1, 0.15) is 5.75 Å². The molecular weight excluding hydrogens is 378 g/mol. The number of rotatable bonds is 7. The molecule has 160 valence electrons. The third-order valence-corrected chi connectivity index (χ3v) is 4.98. The molecule has 1 aliphatic heterocycles. The third-order valence-electron chi connectivity index (χ3n) is 4.98. The fraction of sp³-hybridized carbons (Fsp3) is 0.417. The van der Waals surface area contributed by atoms with Gasteiger partial charge in [0.25, 0.3) is 5.91 Å². The molecule has 1 saturated heterocycles. The molecule has 1 heterocycles. The Kier molecular flexibility index (Phi) is 7.71. The molecule has 1 fully saturated rings. The number of carbonyl (C=O) groups excluding carboxylic acids is 2. The van der Waals surface area contributed by atoms with E-state index in [1.807, 2.05) is 43.0 Å². The maximum atomic E-state index is 12.8. The first-order valence-corrected chi connectivity index (χ1v) is 10.7. The first-order chi connectivity index (χ1) is 14.5. The van der Waals surface area contributed by atoms with E-state index in [1.54, 1.807) is 24.3 Å². The number of nitrogens with one attached hydrogen (secondary N) is 2. The van der Waals surface area contributed by atoms with Gasteiger partial charge in [0, 0.05) is 24.3 Å². The quantitative estimate of drug-likeness (QED) is 0.704. The van der Waals surface area contributed by atoms with E-state index in [0.29, 0.717) is 17.0 Å². The van der Waals surface area contributed by atoms with E-state index in [4.69, 9.17) is 4.74 Å². The van der Waals surface area contributed by atoms with Crippen molar-refractivity contribution >= 4 is 23.2 Å². The smallest absolute Gasteiger partial charge is 0.253 e. The molecule has 3 rings (SSSR count). The van der Waals surface area contributed by atoms with Crippen LogP contribution in [-0.2, 0) is 4.79 Å². The van der Waals surface area contributed by atoms with E-state index in [2.05, 4.69) is 10.6 Å². The molecule has 0 radical (unpaired) electrons. The highest BCUT2D eigenvalue weighted by molar-refractivity contribution is 5.98. The van der Waals surface area contributed by atoms with Crippen molar-refractivity contribution < 1.29 is 14.3 Å². The fourth-order valence-electron chi connectivity index (χ4n) is 3.54. The lowest BCUT2D eigenvalue weighted by Crippen LogP contribution is -2.31. The molecule has 0 spiro atoms. The van der Waals surface area contributed by atoms with Crippen molar-refractivity contribution in [3.05, 3.63) is 54.1 Å². The number of likely N-dealkylation sites (tertiary alicyclic amines) is 1. The molecule has 2 aromatic carbocycles. The Balaban J connectivity index is 1.58. The summed E-state index contributed by atoms with van der Waals surface area (Å²) >= 11 is 0. The average Bonchev–Trinajstić information content (AvgIpc) is 3.02. The summed E-state index contributed by atoms with van der Waals surface area (Å²) in [6.07, 6.45) is 4.51. The highest BCUT2D eigenvalue weighted by Crippen LogP contribution is 2.24. The van der Waals surface area contributed by atoms with Crippen LogP contribution in [0, 0.1) is 0 Å². The Bertz CT molecular complexity index is 858. The van der Waals surface area contributed by atoms with Crippen molar-refractivity contribution in [3.8, 4) is 5.75 Å². The monoisotopic (exact) mass is 409 g/mol. The third kappa shape index (κ3) is 6.24. The van der Waals surface area contributed by atoms with Gasteiger partial charge in [-0.2, -0.15) is 0 Å². The van der Waals surface area contributed by atoms with Gasteiger partial charge in [0.05, 0.1) is 18.3 Å². The van der Waals surface area contributed by atoms with E-state index in [1.165, 1.54) is 12.8 Å². The van der Waals surface area contributed by atoms with E-state index in [0.717, 1.165) is 31.6 Å². The van der Waals surface area contributed by atoms with E-state index in [-0.39, 0.29) is 24.5 Å². The van der Waals surface area contributed by atoms with Crippen LogP contribution in [0.2, 0.25) is 0 Å². The van der Waals surface area contributed by atoms with E-state index < -0.39 is 0 Å². The van der Waals surface area contributed by atoms with Crippen LogP contribution >= 0.6 is 0 Å². The Morgan fingerprint density at radius 1 is 1.00 bits per heavy atom. The molecule has 2 N–H and O–H groups in total. The van der Waals surface area contributed by atoms with Crippen LogP contribution in [0.3, 0.4) is 0 Å². The van der Waals surface area contributed by atoms with Crippen molar-refractivity contribution in [2.45, 2.75) is 45.6 Å². The van der Waals surface area contributed by atoms with Gasteiger partial charge < -0.3 is 20.3 Å². The minimum Gasteiger partial charge on any atom is -0.489 e. The summed E-state index contributed by atoms with van der Waals surface area (Å²) in [4.78, 5) is 27.2. The number of hydrogen-bond acceptors (Lipinski definition) is 4. The van der Waals surface area contributed by atoms with Crippen LogP contribution in [-0.4, -0.2) is 42.5 Å². The maximum Gasteiger partial charge on any atom is 0.253 e. The minimum absolute atomic E-state index is 0.0332. The average molecular weight is 410 g/mol. The first-order valence-electron chi connectivity index (χ1n) is 10.7. The summed E-state index contributed by atoms with van der Waals surface area (Å²) < 4.78 is 5.77. The van der Waals surface area contributed by atoms with Crippen LogP contribution in [0.25, 0.3) is 0 Å². The molecule has 2 aromatic rings. The lowest BCUT2D eigenvalue weighted by Gasteiger charge is -2.20. The highest BCUT2D eigenvalue weighted by atomic mass is 16.5. The molecule has 6 heteroatoms. The molecule has 0 bridgehead atoms. The van der Waals surface area contributed by atoms with Gasteiger partial charge in [-0.05, 0) is 57.0 Å². The maximum absolute atomic E-state index is 12.8. The van der Waals surface area contributed by atoms with Crippen LogP contribution in [0.4, 0.5) is 11.4 Å². The lowest BCUT2D eigenvalue weighted by molar-refractivity contribution is -0.114. The predicted octanol–water partition coefficient (Wildman–Crippen LogP) is 4.54. The van der Waals surface area contributed by atoms with Crippen molar-refractivity contribution in [2.24, 2.45) is 0 Å². The number of benzene rings is 2. The van der Waals surface area contributed by atoms with E-state index >= 15 is 0 Å². The molecule has 30 heavy (non-hydrogen) atoms. The highest BCUT2D eigenvalue weighted by Gasteiger charge is 2.17. The SMILES string of the molecule is CC(C)Oc1ccccc1NCC(=O)Nc1cccc(C(=O)N2CCCCCC2)c1. The Labute approximate surface area is 178 Å². The standard InChI is InChI=1S/C24H31N3O3/c1-18(2)30-22-13-6-5-12-21(22)25-17-23(28)26-20-11-9-10-19(16-20)24(29)27-14-7-3-4-8-15-27/h5-6,9-13,16,18,25H,3-4,7-8,14-15,17H2,1-2H3,(H,26,28). The molecule has 0 unspecified atom stereocenters. The fourth-order valence-corrected chi connectivity index (χ4v) is 3.54. The molecular formula is C24H31N3O3. The Hall–Kier alpha value is -3.02. The molecule has 2 amide bonds. The summed E-state index contributed by atoms with van der Waals surface area (Å²) in [7, 11) is 0. The molecule has 0 saturated carbocycles. The zero-order chi connectivity index (χ0) is 21.3. The summed E-state index contributed by atoms with van der Waals surface area (Å²) in [5.41, 5.74) is 2.00. The summed E-state index contributed by atoms with van der Waals surface area (Å²) in [5.74, 6) is 0.560. The Morgan fingerprint density at radius 3 is 2.47 bits per heavy atom. The van der Waals surface area contributed by atoms with Crippen molar-refractivity contribution in [1.29, 1.82) is 0 Å². The largest absolute Gasteiger partial charge is 0.489 e. The van der Waals surface area contributed by atoms with Crippen LogP contribution in [0.15, 0.2) is 48.5 Å². The van der Waals surface area contributed by atoms with Crippen LogP contribution in [0.1, 0.15) is 49.9 Å². The summed E-state index contributed by atoms with van der Waals surface area (Å²) in [6.45, 7) is 5.63. The number of carbonyl (C=O) groups is 2. The molecule has 1 aliphatic rings. The molecule has 6 nitrogen and oxygen atoms in total. The zero-order valence-corrected chi connectivity index (χ0v) is 17.8. The van der Waals surface area contributed by atoms with Gasteiger partial charge in [0.2, 0.25) is 5.91 Å². The number of ether oxygens (including phenoxy) is 1. The van der Waals surface area contributed by atoms with Gasteiger partial charge >= 0.3 is 0 Å². The number of amides is 2.